The third kappa shape index (κ3) is 6.80. The van der Waals surface area contributed by atoms with Crippen molar-refractivity contribution in [3.05, 3.63) is 107 Å². The van der Waals surface area contributed by atoms with Crippen molar-refractivity contribution in [1.29, 1.82) is 5.26 Å². The molecule has 11 nitrogen and oxygen atoms in total. The number of aromatic amines is 1. The van der Waals surface area contributed by atoms with Gasteiger partial charge in [0, 0.05) is 49.6 Å². The Morgan fingerprint density at radius 3 is 2.58 bits per heavy atom. The quantitative estimate of drug-likeness (QED) is 0.244. The Balaban J connectivity index is 1.18. The van der Waals surface area contributed by atoms with E-state index in [-0.39, 0.29) is 23.6 Å². The first kappa shape index (κ1) is 29.4. The van der Waals surface area contributed by atoms with Gasteiger partial charge >= 0.3 is 0 Å². The van der Waals surface area contributed by atoms with Crippen LogP contribution in [-0.2, 0) is 18.3 Å². The number of anilines is 2. The molecule has 45 heavy (non-hydrogen) atoms. The molecule has 0 bridgehead atoms. The predicted octanol–water partition coefficient (Wildman–Crippen LogP) is 4.89. The van der Waals surface area contributed by atoms with Gasteiger partial charge in [-0.15, -0.1) is 0 Å². The summed E-state index contributed by atoms with van der Waals surface area (Å²) >= 11 is 0. The summed E-state index contributed by atoms with van der Waals surface area (Å²) in [5.74, 6) is 0.506. The molecule has 1 saturated carbocycles. The van der Waals surface area contributed by atoms with Gasteiger partial charge in [0.2, 0.25) is 11.9 Å². The summed E-state index contributed by atoms with van der Waals surface area (Å²) in [6, 6.07) is 21.3. The average molecular weight is 600 g/mol. The van der Waals surface area contributed by atoms with Crippen molar-refractivity contribution in [3.8, 4) is 28.7 Å². The minimum absolute atomic E-state index is 0.00503. The van der Waals surface area contributed by atoms with Crippen molar-refractivity contribution in [2.75, 3.05) is 10.2 Å². The molecule has 1 aromatic carbocycles. The van der Waals surface area contributed by atoms with Crippen molar-refractivity contribution in [1.82, 2.24) is 29.7 Å². The highest BCUT2D eigenvalue weighted by atomic mass is 16.2. The molecular formula is C34H33N9O2. The standard InChI is InChI=1S/C34H33N9O2/c1-42-18-16-24(19-32(42)45)29-13-12-28(22-36-29)43(31(44)14-7-23-5-3-2-4-6-23)27-10-8-26(9-11-27)39-34-37-21-25(20-35)33(40-34)30-15-17-38-41-30/h2-6,12-13,15-19,21-22,26-27H,7-11,14H2,1H3,(H,38,41)(H,37,39,40). The second-order valence-corrected chi connectivity index (χ2v) is 11.2. The summed E-state index contributed by atoms with van der Waals surface area (Å²) in [7, 11) is 1.71. The monoisotopic (exact) mass is 599 g/mol. The molecule has 226 valence electrons. The van der Waals surface area contributed by atoms with E-state index >= 15 is 0 Å². The highest BCUT2D eigenvalue weighted by Crippen LogP contribution is 2.31. The summed E-state index contributed by atoms with van der Waals surface area (Å²) in [5, 5.41) is 19.8. The van der Waals surface area contributed by atoms with Crippen LogP contribution >= 0.6 is 0 Å². The maximum absolute atomic E-state index is 13.8. The van der Waals surface area contributed by atoms with Crippen LogP contribution in [0.3, 0.4) is 0 Å². The lowest BCUT2D eigenvalue weighted by Gasteiger charge is -2.37. The lowest BCUT2D eigenvalue weighted by atomic mass is 9.89. The normalized spacial score (nSPS) is 16.1. The molecule has 0 unspecified atom stereocenters. The van der Waals surface area contributed by atoms with Gasteiger partial charge < -0.3 is 14.8 Å². The number of carbonyl (C=O) groups is 1. The highest BCUT2D eigenvalue weighted by molar-refractivity contribution is 5.94. The molecular weight excluding hydrogens is 566 g/mol. The Bertz CT molecular complexity index is 1850. The van der Waals surface area contributed by atoms with Crippen molar-refractivity contribution in [2.24, 2.45) is 7.05 Å². The fourth-order valence-corrected chi connectivity index (χ4v) is 5.77. The Kier molecular flexibility index (Phi) is 8.73. The van der Waals surface area contributed by atoms with Crippen LogP contribution in [0.15, 0.2) is 90.2 Å². The minimum Gasteiger partial charge on any atom is -0.351 e. The third-order valence-electron chi connectivity index (χ3n) is 8.23. The molecule has 1 aliphatic carbocycles. The van der Waals surface area contributed by atoms with E-state index in [1.54, 1.807) is 37.8 Å². The molecule has 0 saturated heterocycles. The fourth-order valence-electron chi connectivity index (χ4n) is 5.77. The maximum atomic E-state index is 13.8. The van der Waals surface area contributed by atoms with Crippen LogP contribution in [0.4, 0.5) is 11.6 Å². The van der Waals surface area contributed by atoms with Gasteiger partial charge in [0.1, 0.15) is 11.8 Å². The molecule has 1 fully saturated rings. The zero-order valence-electron chi connectivity index (χ0n) is 24.9. The number of nitrogens with zero attached hydrogens (tertiary/aromatic N) is 7. The number of H-pyrrole nitrogens is 1. The SMILES string of the molecule is Cn1ccc(-c2ccc(N(C(=O)CCc3ccccc3)C3CCC(Nc4ncc(C#N)c(-c5ccn[nH]5)n4)CC3)cn2)cc1=O. The molecule has 4 aromatic heterocycles. The zero-order chi connectivity index (χ0) is 31.2. The van der Waals surface area contributed by atoms with Gasteiger partial charge in [0.25, 0.3) is 5.56 Å². The molecule has 5 aromatic rings. The summed E-state index contributed by atoms with van der Waals surface area (Å²) in [5.41, 5.74) is 4.70. The van der Waals surface area contributed by atoms with E-state index in [2.05, 4.69) is 36.5 Å². The topological polar surface area (TPSA) is 145 Å². The van der Waals surface area contributed by atoms with Crippen molar-refractivity contribution < 1.29 is 4.79 Å². The number of hydrogen-bond acceptors (Lipinski definition) is 8. The third-order valence-corrected chi connectivity index (χ3v) is 8.23. The van der Waals surface area contributed by atoms with Crippen LogP contribution in [0.2, 0.25) is 0 Å². The van der Waals surface area contributed by atoms with Crippen LogP contribution in [0.25, 0.3) is 22.6 Å². The number of pyridine rings is 2. The van der Waals surface area contributed by atoms with E-state index in [9.17, 15) is 14.9 Å². The van der Waals surface area contributed by atoms with Gasteiger partial charge in [0.15, 0.2) is 0 Å². The largest absolute Gasteiger partial charge is 0.351 e. The molecule has 2 N–H and O–H groups in total. The van der Waals surface area contributed by atoms with Crippen LogP contribution in [0, 0.1) is 11.3 Å². The number of nitrogens with one attached hydrogen (secondary N) is 2. The number of aromatic nitrogens is 6. The van der Waals surface area contributed by atoms with Gasteiger partial charge in [0.05, 0.1) is 35.0 Å². The Morgan fingerprint density at radius 2 is 1.89 bits per heavy atom. The number of carbonyl (C=O) groups excluding carboxylic acids is 1. The van der Waals surface area contributed by atoms with Gasteiger partial charge in [-0.2, -0.15) is 10.4 Å². The first-order valence-electron chi connectivity index (χ1n) is 15.0. The van der Waals surface area contributed by atoms with Crippen LogP contribution in [-0.4, -0.2) is 47.7 Å². The van der Waals surface area contributed by atoms with Crippen LogP contribution in [0.1, 0.15) is 43.2 Å². The molecule has 1 amide bonds. The number of amides is 1. The molecule has 1 aliphatic rings. The second-order valence-electron chi connectivity index (χ2n) is 11.2. The van der Waals surface area contributed by atoms with E-state index in [4.69, 9.17) is 0 Å². The number of benzene rings is 1. The zero-order valence-corrected chi connectivity index (χ0v) is 24.9. The molecule has 6 rings (SSSR count). The summed E-state index contributed by atoms with van der Waals surface area (Å²) < 4.78 is 1.52. The molecule has 0 atom stereocenters. The van der Waals surface area contributed by atoms with E-state index in [1.807, 2.05) is 53.4 Å². The number of rotatable bonds is 9. The van der Waals surface area contributed by atoms with Gasteiger partial charge in [-0.05, 0) is 61.9 Å². The van der Waals surface area contributed by atoms with Gasteiger partial charge in [-0.25, -0.2) is 9.97 Å². The van der Waals surface area contributed by atoms with Gasteiger partial charge in [-0.3, -0.25) is 19.7 Å². The van der Waals surface area contributed by atoms with E-state index in [1.165, 1.54) is 10.8 Å². The van der Waals surface area contributed by atoms with Crippen molar-refractivity contribution >= 4 is 17.5 Å². The minimum atomic E-state index is -0.106. The second kappa shape index (κ2) is 13.3. The lowest BCUT2D eigenvalue weighted by molar-refractivity contribution is -0.119. The van der Waals surface area contributed by atoms with Crippen molar-refractivity contribution in [3.63, 3.8) is 0 Å². The first-order valence-corrected chi connectivity index (χ1v) is 15.0. The first-order chi connectivity index (χ1) is 22.0. The Labute approximate surface area is 260 Å². The average Bonchev–Trinajstić information content (AvgIpc) is 3.62. The smallest absolute Gasteiger partial charge is 0.250 e. The van der Waals surface area contributed by atoms with E-state index in [0.717, 1.165) is 42.5 Å². The number of aryl methyl sites for hydroxylation is 2. The lowest BCUT2D eigenvalue weighted by Crippen LogP contribution is -2.44. The van der Waals surface area contributed by atoms with E-state index < -0.39 is 0 Å². The molecule has 11 heteroatoms. The summed E-state index contributed by atoms with van der Waals surface area (Å²) in [6.45, 7) is 0. The molecule has 0 spiro atoms. The Morgan fingerprint density at radius 1 is 1.07 bits per heavy atom. The van der Waals surface area contributed by atoms with Crippen LogP contribution in [0.5, 0.6) is 0 Å². The van der Waals surface area contributed by atoms with E-state index in [0.29, 0.717) is 41.4 Å². The number of hydrogen-bond donors (Lipinski definition) is 2. The summed E-state index contributed by atoms with van der Waals surface area (Å²) in [4.78, 5) is 41.5. The predicted molar refractivity (Wildman–Crippen MR) is 171 cm³/mol. The maximum Gasteiger partial charge on any atom is 0.250 e. The van der Waals surface area contributed by atoms with Gasteiger partial charge in [-0.1, -0.05) is 30.3 Å². The molecule has 0 radical (unpaired) electrons. The fraction of sp³-hybridized carbons (Fsp3) is 0.265. The highest BCUT2D eigenvalue weighted by Gasteiger charge is 2.30. The van der Waals surface area contributed by atoms with Crippen LogP contribution < -0.4 is 15.8 Å². The molecule has 4 heterocycles. The Hall–Kier alpha value is -5.63. The van der Waals surface area contributed by atoms with Crippen molar-refractivity contribution in [2.45, 2.75) is 50.6 Å². The summed E-state index contributed by atoms with van der Waals surface area (Å²) in [6.07, 6.45) is 10.8. The molecule has 0 aliphatic heterocycles. The number of nitriles is 1.